The molecule has 0 spiro atoms. The van der Waals surface area contributed by atoms with E-state index in [2.05, 4.69) is 9.71 Å². The fraction of sp³-hybridized carbons (Fsp3) is 0.364. The second-order valence-corrected chi connectivity index (χ2v) is 5.97. The Morgan fingerprint density at radius 1 is 1.38 bits per heavy atom. The first kappa shape index (κ1) is 21.6. The number of nitrogen functional groups attached to an aromatic ring is 1. The number of hydrogen-bond acceptors (Lipinski definition) is 6. The highest BCUT2D eigenvalue weighted by Crippen LogP contribution is 2.14. The highest BCUT2D eigenvalue weighted by Gasteiger charge is 2.38. The van der Waals surface area contributed by atoms with Gasteiger partial charge in [-0.2, -0.15) is 13.2 Å². The molecule has 0 aliphatic carbocycles. The lowest BCUT2D eigenvalue weighted by molar-refractivity contribution is -0.192. The zero-order valence-electron chi connectivity index (χ0n) is 12.1. The molecular weight excluding hydrogens is 359 g/mol. The van der Waals surface area contributed by atoms with Gasteiger partial charge in [-0.15, -0.1) is 0 Å². The number of carbonyl (C=O) groups is 2. The number of hydrogen-bond donors (Lipinski definition) is 4. The molecular formula is C11H14F3N3O6S. The average Bonchev–Trinajstić information content (AvgIpc) is 2.44. The number of halogens is 3. The van der Waals surface area contributed by atoms with Crippen LogP contribution in [0.1, 0.15) is 6.92 Å². The van der Waals surface area contributed by atoms with Crippen LogP contribution in [-0.2, 0) is 19.6 Å². The van der Waals surface area contributed by atoms with Crippen LogP contribution in [0.3, 0.4) is 0 Å². The van der Waals surface area contributed by atoms with E-state index in [0.29, 0.717) is 0 Å². The summed E-state index contributed by atoms with van der Waals surface area (Å²) < 4.78 is 57.3. The van der Waals surface area contributed by atoms with E-state index >= 15 is 0 Å². The number of carboxylic acid groups (broad SMARTS) is 2. The molecule has 1 heterocycles. The van der Waals surface area contributed by atoms with E-state index in [4.69, 9.17) is 20.7 Å². The van der Waals surface area contributed by atoms with Crippen molar-refractivity contribution < 1.29 is 41.4 Å². The number of rotatable bonds is 5. The molecule has 24 heavy (non-hydrogen) atoms. The van der Waals surface area contributed by atoms with Crippen LogP contribution in [0.25, 0.3) is 0 Å². The summed E-state index contributed by atoms with van der Waals surface area (Å²) in [6, 6.07) is 2.91. The maximum Gasteiger partial charge on any atom is 0.490 e. The number of nitrogens with two attached hydrogens (primary N) is 1. The molecule has 0 amide bonds. The number of sulfonamides is 1. The lowest BCUT2D eigenvalue weighted by atomic mass is 10.2. The Morgan fingerprint density at radius 2 is 1.88 bits per heavy atom. The van der Waals surface area contributed by atoms with E-state index in [1.807, 2.05) is 0 Å². The first-order valence-corrected chi connectivity index (χ1v) is 7.50. The Morgan fingerprint density at radius 3 is 2.25 bits per heavy atom. The third-order valence-corrected chi connectivity index (χ3v) is 3.70. The highest BCUT2D eigenvalue weighted by molar-refractivity contribution is 7.89. The summed E-state index contributed by atoms with van der Waals surface area (Å²) in [6.07, 6.45) is -3.79. The molecule has 9 nitrogen and oxygen atoms in total. The van der Waals surface area contributed by atoms with Gasteiger partial charge in [0.25, 0.3) is 10.0 Å². The quantitative estimate of drug-likeness (QED) is 0.573. The normalized spacial score (nSPS) is 12.7. The maximum absolute atomic E-state index is 11.7. The minimum absolute atomic E-state index is 0.0166. The summed E-state index contributed by atoms with van der Waals surface area (Å²) in [7, 11) is -3.87. The van der Waals surface area contributed by atoms with Gasteiger partial charge in [0.15, 0.2) is 5.03 Å². The van der Waals surface area contributed by atoms with Gasteiger partial charge in [-0.25, -0.2) is 22.9 Å². The number of aliphatic carboxylic acids is 2. The number of nitrogens with one attached hydrogen (secondary N) is 1. The van der Waals surface area contributed by atoms with E-state index in [1.165, 1.54) is 25.3 Å². The molecule has 0 fully saturated rings. The van der Waals surface area contributed by atoms with E-state index in [0.717, 1.165) is 0 Å². The van der Waals surface area contributed by atoms with Crippen molar-refractivity contribution in [1.82, 2.24) is 9.71 Å². The third kappa shape index (κ3) is 7.23. The van der Waals surface area contributed by atoms with E-state index in [-0.39, 0.29) is 17.3 Å². The first-order chi connectivity index (χ1) is 10.8. The van der Waals surface area contributed by atoms with Crippen molar-refractivity contribution in [3.63, 3.8) is 0 Å². The summed E-state index contributed by atoms with van der Waals surface area (Å²) in [5.41, 5.74) is 5.49. The van der Waals surface area contributed by atoms with Gasteiger partial charge >= 0.3 is 18.1 Å². The van der Waals surface area contributed by atoms with E-state index in [1.54, 1.807) is 0 Å². The predicted molar refractivity (Wildman–Crippen MR) is 74.3 cm³/mol. The summed E-state index contributed by atoms with van der Waals surface area (Å²) in [5, 5.41) is 15.5. The van der Waals surface area contributed by atoms with Gasteiger partial charge in [-0.3, -0.25) is 4.79 Å². The molecule has 13 heteroatoms. The van der Waals surface area contributed by atoms with Gasteiger partial charge < -0.3 is 15.9 Å². The van der Waals surface area contributed by atoms with Crippen LogP contribution in [0.5, 0.6) is 0 Å². The summed E-state index contributed by atoms with van der Waals surface area (Å²) in [4.78, 5) is 23.1. The van der Waals surface area contributed by atoms with Gasteiger partial charge in [0.1, 0.15) is 0 Å². The maximum atomic E-state index is 11.7. The topological polar surface area (TPSA) is 160 Å². The van der Waals surface area contributed by atoms with Gasteiger partial charge in [0.05, 0.1) is 11.6 Å². The van der Waals surface area contributed by atoms with Crippen molar-refractivity contribution in [2.45, 2.75) is 18.1 Å². The fourth-order valence-electron chi connectivity index (χ4n) is 1.02. The molecule has 1 unspecified atom stereocenters. The number of nitrogens with zero attached hydrogens (tertiary/aromatic N) is 1. The van der Waals surface area contributed by atoms with Crippen molar-refractivity contribution >= 4 is 27.6 Å². The average molecular weight is 373 g/mol. The summed E-state index contributed by atoms with van der Waals surface area (Å²) in [5.74, 6) is -4.66. The lowest BCUT2D eigenvalue weighted by Crippen LogP contribution is -2.32. The minimum atomic E-state index is -5.08. The second kappa shape index (κ2) is 8.44. The van der Waals surface area contributed by atoms with Crippen molar-refractivity contribution in [2.24, 2.45) is 5.92 Å². The zero-order chi connectivity index (χ0) is 19.1. The summed E-state index contributed by atoms with van der Waals surface area (Å²) >= 11 is 0. The lowest BCUT2D eigenvalue weighted by Gasteiger charge is -2.09. The van der Waals surface area contributed by atoms with Crippen LogP contribution in [0.2, 0.25) is 0 Å². The Balaban J connectivity index is 0.000000640. The number of alkyl halides is 3. The molecule has 1 aromatic heterocycles. The van der Waals surface area contributed by atoms with Crippen LogP contribution >= 0.6 is 0 Å². The number of aromatic nitrogens is 1. The predicted octanol–water partition coefficient (Wildman–Crippen LogP) is 0.296. The van der Waals surface area contributed by atoms with Crippen LogP contribution in [0.4, 0.5) is 18.9 Å². The molecule has 0 bridgehead atoms. The molecule has 1 aromatic rings. The van der Waals surface area contributed by atoms with Crippen molar-refractivity contribution in [3.05, 3.63) is 18.3 Å². The number of anilines is 1. The van der Waals surface area contributed by atoms with Gasteiger partial charge in [0, 0.05) is 12.7 Å². The SMILES string of the molecule is CC(CNS(=O)(=O)c1ncccc1N)C(=O)O.O=C(O)C(F)(F)F. The standard InChI is InChI=1S/C9H13N3O4S.C2HF3O2/c1-6(9(13)14)5-12-17(15,16)8-7(10)3-2-4-11-8;3-2(4,5)1(6)7/h2-4,6,12H,5,10H2,1H3,(H,13,14);(H,6,7). The van der Waals surface area contributed by atoms with Crippen molar-refractivity contribution in [1.29, 1.82) is 0 Å². The Kier molecular flexibility index (Phi) is 7.60. The molecule has 0 aliphatic rings. The van der Waals surface area contributed by atoms with E-state index in [9.17, 15) is 26.4 Å². The Labute approximate surface area is 134 Å². The molecule has 1 rings (SSSR count). The molecule has 1 atom stereocenters. The smallest absolute Gasteiger partial charge is 0.481 e. The van der Waals surface area contributed by atoms with Gasteiger partial charge in [-0.1, -0.05) is 6.92 Å². The van der Waals surface area contributed by atoms with Crippen LogP contribution in [0.15, 0.2) is 23.4 Å². The van der Waals surface area contributed by atoms with Crippen LogP contribution < -0.4 is 10.5 Å². The van der Waals surface area contributed by atoms with E-state index < -0.39 is 34.1 Å². The molecule has 5 N–H and O–H groups in total. The highest BCUT2D eigenvalue weighted by atomic mass is 32.2. The van der Waals surface area contributed by atoms with Gasteiger partial charge in [0.2, 0.25) is 0 Å². The molecule has 0 saturated carbocycles. The largest absolute Gasteiger partial charge is 0.490 e. The fourth-order valence-corrected chi connectivity index (χ4v) is 2.20. The summed E-state index contributed by atoms with van der Waals surface area (Å²) in [6.45, 7) is 1.18. The Hall–Kier alpha value is -2.41. The molecule has 0 aromatic carbocycles. The van der Waals surface area contributed by atoms with Crippen molar-refractivity contribution in [2.75, 3.05) is 12.3 Å². The number of carboxylic acids is 2. The van der Waals surface area contributed by atoms with Crippen LogP contribution in [-0.4, -0.2) is 48.3 Å². The molecule has 0 aliphatic heterocycles. The van der Waals surface area contributed by atoms with Crippen LogP contribution in [0, 0.1) is 5.92 Å². The second-order valence-electron chi connectivity index (χ2n) is 4.29. The van der Waals surface area contributed by atoms with Gasteiger partial charge in [-0.05, 0) is 12.1 Å². The monoisotopic (exact) mass is 373 g/mol. The number of pyridine rings is 1. The Bertz CT molecular complexity index is 692. The molecule has 136 valence electrons. The van der Waals surface area contributed by atoms with Crippen molar-refractivity contribution in [3.8, 4) is 0 Å². The minimum Gasteiger partial charge on any atom is -0.481 e. The molecule has 0 radical (unpaired) electrons. The molecule has 0 saturated heterocycles. The third-order valence-electron chi connectivity index (χ3n) is 2.30. The zero-order valence-corrected chi connectivity index (χ0v) is 12.9. The first-order valence-electron chi connectivity index (χ1n) is 6.02.